The minimum absolute atomic E-state index is 0.147. The molecule has 0 bridgehead atoms. The molecule has 1 aromatic carbocycles. The minimum atomic E-state index is -2.62. The number of alkyl halides is 2. The van der Waals surface area contributed by atoms with Crippen LogP contribution in [-0.4, -0.2) is 17.6 Å². The summed E-state index contributed by atoms with van der Waals surface area (Å²) in [5.41, 5.74) is 0.556. The van der Waals surface area contributed by atoms with Gasteiger partial charge in [0.05, 0.1) is 16.7 Å². The molecule has 0 radical (unpaired) electrons. The van der Waals surface area contributed by atoms with Gasteiger partial charge < -0.3 is 9.30 Å². The normalized spacial score (nSPS) is 10.5. The van der Waals surface area contributed by atoms with E-state index in [-0.39, 0.29) is 11.1 Å². The molecule has 22 heavy (non-hydrogen) atoms. The summed E-state index contributed by atoms with van der Waals surface area (Å²) in [6, 6.07) is 9.89. The van der Waals surface area contributed by atoms with Gasteiger partial charge in [-0.1, -0.05) is 5.92 Å². The number of rotatable bonds is 5. The van der Waals surface area contributed by atoms with Crippen molar-refractivity contribution in [2.75, 3.05) is 6.61 Å². The second kappa shape index (κ2) is 7.23. The molecule has 0 atom stereocenters. The van der Waals surface area contributed by atoms with Gasteiger partial charge in [0.1, 0.15) is 12.4 Å². The molecule has 2 aromatic rings. The number of halogens is 3. The third-order valence-corrected chi connectivity index (χ3v) is 3.52. The van der Waals surface area contributed by atoms with Crippen molar-refractivity contribution in [3.63, 3.8) is 0 Å². The zero-order chi connectivity index (χ0) is 16.1. The Hall–Kier alpha value is -2.13. The van der Waals surface area contributed by atoms with E-state index < -0.39 is 18.5 Å². The standard InChI is InChI=1S/C16H12BrF2NO2/c1-2-9-22-12-5-3-11(4-6-12)14-8-7-13(17)16(21)20(14)10-15(18)19/h1,3-8,15H,9-10H2. The van der Waals surface area contributed by atoms with E-state index in [1.165, 1.54) is 0 Å². The van der Waals surface area contributed by atoms with Crippen molar-refractivity contribution in [1.82, 2.24) is 4.57 Å². The summed E-state index contributed by atoms with van der Waals surface area (Å²) >= 11 is 3.07. The minimum Gasteiger partial charge on any atom is -0.481 e. The van der Waals surface area contributed by atoms with E-state index >= 15 is 0 Å². The number of aromatic nitrogens is 1. The maximum atomic E-state index is 12.7. The monoisotopic (exact) mass is 367 g/mol. The third kappa shape index (κ3) is 3.74. The lowest BCUT2D eigenvalue weighted by molar-refractivity contribution is 0.126. The Bertz CT molecular complexity index is 748. The van der Waals surface area contributed by atoms with Gasteiger partial charge in [-0.25, -0.2) is 8.78 Å². The first kappa shape index (κ1) is 16.2. The summed E-state index contributed by atoms with van der Waals surface area (Å²) in [6.45, 7) is -0.517. The highest BCUT2D eigenvalue weighted by atomic mass is 79.9. The number of hydrogen-bond donors (Lipinski definition) is 0. The van der Waals surface area contributed by atoms with Gasteiger partial charge in [0.15, 0.2) is 0 Å². The van der Waals surface area contributed by atoms with E-state index in [9.17, 15) is 13.6 Å². The topological polar surface area (TPSA) is 31.2 Å². The van der Waals surface area contributed by atoms with Gasteiger partial charge >= 0.3 is 0 Å². The van der Waals surface area contributed by atoms with Gasteiger partial charge in [0.25, 0.3) is 12.0 Å². The Balaban J connectivity index is 2.42. The molecule has 0 N–H and O–H groups in total. The lowest BCUT2D eigenvalue weighted by Crippen LogP contribution is -2.25. The molecule has 1 aromatic heterocycles. The molecule has 6 heteroatoms. The van der Waals surface area contributed by atoms with Crippen LogP contribution in [0.3, 0.4) is 0 Å². The lowest BCUT2D eigenvalue weighted by atomic mass is 10.1. The molecule has 0 saturated carbocycles. The lowest BCUT2D eigenvalue weighted by Gasteiger charge is -2.13. The van der Waals surface area contributed by atoms with E-state index in [1.54, 1.807) is 36.4 Å². The number of nitrogens with zero attached hydrogens (tertiary/aromatic N) is 1. The first-order chi connectivity index (χ1) is 10.5. The highest BCUT2D eigenvalue weighted by Gasteiger charge is 2.13. The Kier molecular flexibility index (Phi) is 5.34. The first-order valence-corrected chi connectivity index (χ1v) is 7.16. The van der Waals surface area contributed by atoms with Crippen LogP contribution in [0.1, 0.15) is 0 Å². The smallest absolute Gasteiger partial charge is 0.265 e. The SMILES string of the molecule is C#CCOc1ccc(-c2ccc(Br)c(=O)n2CC(F)F)cc1. The van der Waals surface area contributed by atoms with Crippen LogP contribution in [0.4, 0.5) is 8.78 Å². The number of terminal acetylenes is 1. The second-order valence-electron chi connectivity index (χ2n) is 4.39. The predicted molar refractivity (Wildman–Crippen MR) is 84.2 cm³/mol. The van der Waals surface area contributed by atoms with Gasteiger partial charge in [-0.05, 0) is 57.9 Å². The maximum absolute atomic E-state index is 12.7. The average molecular weight is 368 g/mol. The van der Waals surface area contributed by atoms with Gasteiger partial charge in [-0.2, -0.15) is 0 Å². The van der Waals surface area contributed by atoms with Crippen molar-refractivity contribution < 1.29 is 13.5 Å². The molecule has 0 saturated heterocycles. The zero-order valence-corrected chi connectivity index (χ0v) is 13.0. The van der Waals surface area contributed by atoms with Crippen LogP contribution in [0.15, 0.2) is 45.7 Å². The molecule has 2 rings (SSSR count). The third-order valence-electron chi connectivity index (χ3n) is 2.92. The van der Waals surface area contributed by atoms with Crippen molar-refractivity contribution in [3.05, 3.63) is 51.2 Å². The molecule has 0 amide bonds. The van der Waals surface area contributed by atoms with Crippen LogP contribution >= 0.6 is 15.9 Å². The molecule has 0 unspecified atom stereocenters. The van der Waals surface area contributed by atoms with Gasteiger partial charge in [-0.15, -0.1) is 6.42 Å². The molecule has 0 aliphatic carbocycles. The van der Waals surface area contributed by atoms with Crippen LogP contribution in [0.5, 0.6) is 5.75 Å². The van der Waals surface area contributed by atoms with Gasteiger partial charge in [0.2, 0.25) is 0 Å². The number of pyridine rings is 1. The van der Waals surface area contributed by atoms with Crippen molar-refractivity contribution in [2.24, 2.45) is 0 Å². The fourth-order valence-electron chi connectivity index (χ4n) is 1.97. The zero-order valence-electron chi connectivity index (χ0n) is 11.4. The number of benzene rings is 1. The van der Waals surface area contributed by atoms with Crippen molar-refractivity contribution in [1.29, 1.82) is 0 Å². The summed E-state index contributed by atoms with van der Waals surface area (Å²) in [6.07, 6.45) is 2.48. The molecule has 0 aliphatic heterocycles. The Labute approximate surface area is 134 Å². The van der Waals surface area contributed by atoms with E-state index in [0.717, 1.165) is 4.57 Å². The molecular weight excluding hydrogens is 356 g/mol. The highest BCUT2D eigenvalue weighted by molar-refractivity contribution is 9.10. The van der Waals surface area contributed by atoms with E-state index in [4.69, 9.17) is 11.2 Å². The number of hydrogen-bond acceptors (Lipinski definition) is 2. The average Bonchev–Trinajstić information content (AvgIpc) is 2.50. The van der Waals surface area contributed by atoms with E-state index in [1.807, 2.05) is 0 Å². The van der Waals surface area contributed by atoms with Crippen molar-refractivity contribution in [3.8, 4) is 29.4 Å². The Morgan fingerprint density at radius 2 is 1.91 bits per heavy atom. The molecular formula is C16H12BrF2NO2. The van der Waals surface area contributed by atoms with Crippen LogP contribution in [0.25, 0.3) is 11.3 Å². The molecule has 114 valence electrons. The summed E-state index contributed by atoms with van der Waals surface area (Å²) in [5.74, 6) is 2.92. The fourth-order valence-corrected chi connectivity index (χ4v) is 2.32. The summed E-state index contributed by atoms with van der Waals surface area (Å²) in [4.78, 5) is 12.0. The number of ether oxygens (including phenoxy) is 1. The molecule has 3 nitrogen and oxygen atoms in total. The highest BCUT2D eigenvalue weighted by Crippen LogP contribution is 2.23. The fraction of sp³-hybridized carbons (Fsp3) is 0.188. The predicted octanol–water partition coefficient (Wildman–Crippen LogP) is 3.55. The van der Waals surface area contributed by atoms with Crippen LogP contribution in [0.2, 0.25) is 0 Å². The van der Waals surface area contributed by atoms with Crippen LogP contribution in [-0.2, 0) is 6.54 Å². The second-order valence-corrected chi connectivity index (χ2v) is 5.24. The molecule has 1 heterocycles. The summed E-state index contributed by atoms with van der Waals surface area (Å²) < 4.78 is 32.0. The van der Waals surface area contributed by atoms with E-state index in [0.29, 0.717) is 17.0 Å². The van der Waals surface area contributed by atoms with Crippen LogP contribution < -0.4 is 10.3 Å². The molecule has 0 fully saturated rings. The Morgan fingerprint density at radius 1 is 1.23 bits per heavy atom. The van der Waals surface area contributed by atoms with Gasteiger partial charge in [-0.3, -0.25) is 4.79 Å². The van der Waals surface area contributed by atoms with Crippen molar-refractivity contribution in [2.45, 2.75) is 13.0 Å². The summed E-state index contributed by atoms with van der Waals surface area (Å²) in [7, 11) is 0. The quantitative estimate of drug-likeness (QED) is 0.756. The van der Waals surface area contributed by atoms with Gasteiger partial charge in [0, 0.05) is 0 Å². The van der Waals surface area contributed by atoms with Crippen LogP contribution in [0, 0.1) is 12.3 Å². The molecule has 0 aliphatic rings. The Morgan fingerprint density at radius 3 is 2.50 bits per heavy atom. The van der Waals surface area contributed by atoms with E-state index in [2.05, 4.69) is 21.9 Å². The summed E-state index contributed by atoms with van der Waals surface area (Å²) in [5, 5.41) is 0. The first-order valence-electron chi connectivity index (χ1n) is 6.37. The largest absolute Gasteiger partial charge is 0.481 e. The molecule has 0 spiro atoms. The van der Waals surface area contributed by atoms with Crippen molar-refractivity contribution >= 4 is 15.9 Å². The maximum Gasteiger partial charge on any atom is 0.265 e.